The fraction of sp³-hybridized carbons (Fsp3) is 0.941. The van der Waals surface area contributed by atoms with Crippen LogP contribution in [0.1, 0.15) is 144 Å². The highest BCUT2D eigenvalue weighted by atomic mass is 17.0. The maximum atomic E-state index is 6.21. The van der Waals surface area contributed by atoms with Gasteiger partial charge in [0.1, 0.15) is 11.2 Å². The van der Waals surface area contributed by atoms with E-state index in [1.165, 1.54) is 103 Å². The third kappa shape index (κ3) is 6.72. The third-order valence-electron chi connectivity index (χ3n) is 11.8. The molecular weight excluding hydrogens is 468 g/mol. The van der Waals surface area contributed by atoms with Crippen molar-refractivity contribution in [2.24, 2.45) is 23.7 Å². The second-order valence-corrected chi connectivity index (χ2v) is 15.3. The van der Waals surface area contributed by atoms with E-state index in [4.69, 9.17) is 9.68 Å². The van der Waals surface area contributed by atoms with E-state index in [1.54, 1.807) is 0 Å². The van der Waals surface area contributed by atoms with Gasteiger partial charge in [0.2, 0.25) is 0 Å². The largest absolute Gasteiger partial charge is 0.294 e. The minimum Gasteiger partial charge on any atom is -0.294 e. The van der Waals surface area contributed by atoms with Gasteiger partial charge in [0.15, 0.2) is 0 Å². The Morgan fingerprint density at radius 1 is 0.526 bits per heavy atom. The predicted octanol–water partition coefficient (Wildman–Crippen LogP) is 8.86. The van der Waals surface area contributed by atoms with Crippen molar-refractivity contribution >= 4 is 0 Å². The molecule has 1 saturated heterocycles. The van der Waals surface area contributed by atoms with Crippen molar-refractivity contribution in [1.82, 2.24) is 10.1 Å². The lowest BCUT2D eigenvalue weighted by molar-refractivity contribution is -0.354. The molecule has 218 valence electrons. The summed E-state index contributed by atoms with van der Waals surface area (Å²) in [5.41, 5.74) is -0.550. The van der Waals surface area contributed by atoms with Crippen LogP contribution in [0.25, 0.3) is 0 Å². The molecule has 0 aromatic heterocycles. The molecule has 0 radical (unpaired) electrons. The van der Waals surface area contributed by atoms with E-state index in [0.29, 0.717) is 6.04 Å². The minimum atomic E-state index is -0.275. The first-order chi connectivity index (χ1) is 18.1. The van der Waals surface area contributed by atoms with E-state index < -0.39 is 0 Å². The van der Waals surface area contributed by atoms with Gasteiger partial charge in [-0.1, -0.05) is 31.2 Å². The fourth-order valence-electron chi connectivity index (χ4n) is 8.22. The number of rotatable bonds is 6. The first-order valence-corrected chi connectivity index (χ1v) is 16.7. The predicted molar refractivity (Wildman–Crippen MR) is 157 cm³/mol. The van der Waals surface area contributed by atoms with E-state index in [9.17, 15) is 0 Å². The summed E-state index contributed by atoms with van der Waals surface area (Å²) < 4.78 is 0. The van der Waals surface area contributed by atoms with Crippen molar-refractivity contribution in [3.05, 3.63) is 12.2 Å². The standard InChI is InChI=1S/C34H60N2O2/c1-25-7-17-29(18-8-25)35(30-19-9-26(2)10-20-30)31-21-13-27(14-22-31)11-12-28-15-23-32(24-16-28)36-37-33(3,4)34(5,6)38-36/h11-12,25-32H,7-10,13-24H2,1-6H3/b12-11+. The molecule has 0 amide bonds. The van der Waals surface area contributed by atoms with Crippen molar-refractivity contribution in [3.8, 4) is 0 Å². The van der Waals surface area contributed by atoms with Gasteiger partial charge in [-0.15, -0.1) is 0 Å². The first-order valence-electron chi connectivity index (χ1n) is 16.7. The quantitative estimate of drug-likeness (QED) is 0.321. The summed E-state index contributed by atoms with van der Waals surface area (Å²) >= 11 is 0. The summed E-state index contributed by atoms with van der Waals surface area (Å²) in [6, 6.07) is 2.99. The van der Waals surface area contributed by atoms with Crippen LogP contribution in [0.5, 0.6) is 0 Å². The molecule has 1 aliphatic heterocycles. The molecule has 0 atom stereocenters. The number of hydroxylamine groups is 2. The molecule has 0 bridgehead atoms. The molecule has 0 aromatic rings. The van der Waals surface area contributed by atoms with Gasteiger partial charge in [-0.2, -0.15) is 0 Å². The van der Waals surface area contributed by atoms with Crippen molar-refractivity contribution in [2.45, 2.75) is 180 Å². The fourth-order valence-corrected chi connectivity index (χ4v) is 8.22. The summed E-state index contributed by atoms with van der Waals surface area (Å²) in [6.07, 6.45) is 27.4. The zero-order valence-corrected chi connectivity index (χ0v) is 25.8. The van der Waals surface area contributed by atoms with Gasteiger partial charge >= 0.3 is 0 Å². The van der Waals surface area contributed by atoms with Gasteiger partial charge in [0.25, 0.3) is 0 Å². The highest BCUT2D eigenvalue weighted by molar-refractivity contribution is 5.00. The Balaban J connectivity index is 1.09. The van der Waals surface area contributed by atoms with Crippen LogP contribution in [0.3, 0.4) is 0 Å². The maximum absolute atomic E-state index is 6.21. The zero-order valence-electron chi connectivity index (χ0n) is 25.8. The van der Waals surface area contributed by atoms with E-state index in [-0.39, 0.29) is 11.2 Å². The minimum absolute atomic E-state index is 0.275. The van der Waals surface area contributed by atoms with Gasteiger partial charge in [-0.05, 0) is 154 Å². The van der Waals surface area contributed by atoms with Gasteiger partial charge in [0.05, 0.1) is 6.04 Å². The molecule has 0 unspecified atom stereocenters. The zero-order chi connectivity index (χ0) is 26.9. The van der Waals surface area contributed by atoms with Crippen LogP contribution in [0.4, 0.5) is 0 Å². The molecule has 0 aromatic carbocycles. The van der Waals surface area contributed by atoms with Crippen molar-refractivity contribution < 1.29 is 9.68 Å². The Morgan fingerprint density at radius 3 is 1.26 bits per heavy atom. The van der Waals surface area contributed by atoms with E-state index >= 15 is 0 Å². The van der Waals surface area contributed by atoms with Crippen LogP contribution in [0.2, 0.25) is 0 Å². The van der Waals surface area contributed by atoms with Gasteiger partial charge in [-0.25, -0.2) is 0 Å². The van der Waals surface area contributed by atoms with Crippen LogP contribution in [0.15, 0.2) is 12.2 Å². The molecule has 5 aliphatic rings. The molecule has 5 fully saturated rings. The summed E-state index contributed by atoms with van der Waals surface area (Å²) in [6.45, 7) is 13.5. The lowest BCUT2D eigenvalue weighted by atomic mass is 9.78. The maximum Gasteiger partial charge on any atom is 0.117 e. The van der Waals surface area contributed by atoms with E-state index in [1.807, 2.05) is 5.23 Å². The Kier molecular flexibility index (Phi) is 9.35. The van der Waals surface area contributed by atoms with Crippen LogP contribution in [-0.4, -0.2) is 45.5 Å². The molecule has 38 heavy (non-hydrogen) atoms. The average molecular weight is 529 g/mol. The monoisotopic (exact) mass is 528 g/mol. The highest BCUT2D eigenvalue weighted by Crippen LogP contribution is 2.42. The van der Waals surface area contributed by atoms with Crippen LogP contribution in [0, 0.1) is 23.7 Å². The van der Waals surface area contributed by atoms with Crippen LogP contribution >= 0.6 is 0 Å². The molecule has 4 heteroatoms. The second-order valence-electron chi connectivity index (χ2n) is 15.3. The lowest BCUT2D eigenvalue weighted by Gasteiger charge is -2.49. The first kappa shape index (κ1) is 29.1. The van der Waals surface area contributed by atoms with Crippen molar-refractivity contribution in [2.75, 3.05) is 0 Å². The van der Waals surface area contributed by atoms with Gasteiger partial charge < -0.3 is 0 Å². The van der Waals surface area contributed by atoms with Crippen LogP contribution in [-0.2, 0) is 9.68 Å². The molecular formula is C34H60N2O2. The number of allylic oxidation sites excluding steroid dienone is 2. The third-order valence-corrected chi connectivity index (χ3v) is 11.8. The normalized spacial score (nSPS) is 42.6. The average Bonchev–Trinajstić information content (AvgIpc) is 3.12. The second kappa shape index (κ2) is 12.2. The summed E-state index contributed by atoms with van der Waals surface area (Å²) in [4.78, 5) is 15.5. The Morgan fingerprint density at radius 2 is 0.868 bits per heavy atom. The van der Waals surface area contributed by atoms with E-state index in [0.717, 1.165) is 41.8 Å². The molecule has 4 nitrogen and oxygen atoms in total. The highest BCUT2D eigenvalue weighted by Gasteiger charge is 2.51. The SMILES string of the molecule is CC1CCC(N(C2CCC(C)CC2)C2CCC(/C=C/C3CCC(N4OC(C)(C)C(C)(C)O4)CC3)CC2)CC1. The smallest absolute Gasteiger partial charge is 0.117 e. The van der Waals surface area contributed by atoms with E-state index in [2.05, 4.69) is 58.6 Å². The molecule has 4 saturated carbocycles. The van der Waals surface area contributed by atoms with Crippen LogP contribution < -0.4 is 0 Å². The summed E-state index contributed by atoms with van der Waals surface area (Å²) in [5, 5.41) is 1.85. The number of hydrogen-bond donors (Lipinski definition) is 0. The number of nitrogens with zero attached hydrogens (tertiary/aromatic N) is 2. The summed E-state index contributed by atoms with van der Waals surface area (Å²) in [5.74, 6) is 3.43. The lowest BCUT2D eigenvalue weighted by Crippen LogP contribution is -2.52. The Hall–Kier alpha value is -0.420. The molecule has 5 rings (SSSR count). The van der Waals surface area contributed by atoms with Gasteiger partial charge in [-0.3, -0.25) is 14.6 Å². The molecule has 4 aliphatic carbocycles. The molecule has 0 N–H and O–H groups in total. The molecule has 0 spiro atoms. The van der Waals surface area contributed by atoms with Gasteiger partial charge in [0, 0.05) is 18.1 Å². The number of hydrogen-bond acceptors (Lipinski definition) is 4. The Bertz CT molecular complexity index is 723. The molecule has 1 heterocycles. The van der Waals surface area contributed by atoms with Crippen molar-refractivity contribution in [1.29, 1.82) is 0 Å². The van der Waals surface area contributed by atoms with Crippen molar-refractivity contribution in [3.63, 3.8) is 0 Å². The Labute approximate surface area is 235 Å². The topological polar surface area (TPSA) is 24.9 Å². The summed E-state index contributed by atoms with van der Waals surface area (Å²) in [7, 11) is 0.